The number of alkyl halides is 3. The summed E-state index contributed by atoms with van der Waals surface area (Å²) >= 11 is 0. The van der Waals surface area contributed by atoms with E-state index in [4.69, 9.17) is 0 Å². The van der Waals surface area contributed by atoms with Gasteiger partial charge in [-0.3, -0.25) is 0 Å². The van der Waals surface area contributed by atoms with E-state index in [0.29, 0.717) is 28.1 Å². The molecule has 0 spiro atoms. The molecule has 2 heterocycles. The number of pyridine rings is 1. The number of nitrogens with one attached hydrogen (secondary N) is 1. The fourth-order valence-electron chi connectivity index (χ4n) is 2.95. The van der Waals surface area contributed by atoms with Crippen molar-refractivity contribution >= 4 is 16.7 Å². The number of rotatable bonds is 3. The minimum Gasteiger partial charge on any atom is -0.363 e. The number of anilines is 1. The Bertz CT molecular complexity index is 969. The van der Waals surface area contributed by atoms with Crippen LogP contribution >= 0.6 is 0 Å². The topological polar surface area (TPSA) is 50.7 Å². The van der Waals surface area contributed by atoms with Crippen LogP contribution in [0.5, 0.6) is 0 Å². The van der Waals surface area contributed by atoms with Gasteiger partial charge >= 0.3 is 6.18 Å². The zero-order valence-corrected chi connectivity index (χ0v) is 14.3. The molecular formula is C18H16F4N4. The van der Waals surface area contributed by atoms with E-state index in [-0.39, 0.29) is 5.56 Å². The SMILES string of the molecule is Cc1nc(N[C@H](C)c2cccc(C(F)(F)F)c2C)c2cc(F)ncc2n1. The minimum absolute atomic E-state index is 0.142. The van der Waals surface area contributed by atoms with Gasteiger partial charge in [-0.05, 0) is 38.0 Å². The molecule has 0 unspecified atom stereocenters. The lowest BCUT2D eigenvalue weighted by molar-refractivity contribution is -0.138. The quantitative estimate of drug-likeness (QED) is 0.526. The number of hydrogen-bond acceptors (Lipinski definition) is 4. The van der Waals surface area contributed by atoms with Crippen molar-refractivity contribution in [3.05, 3.63) is 58.9 Å². The van der Waals surface area contributed by atoms with Crippen LogP contribution in [-0.4, -0.2) is 15.0 Å². The molecule has 3 aromatic rings. The summed E-state index contributed by atoms with van der Waals surface area (Å²) in [6.07, 6.45) is -3.13. The Morgan fingerprint density at radius 3 is 2.54 bits per heavy atom. The third-order valence-electron chi connectivity index (χ3n) is 4.16. The lowest BCUT2D eigenvalue weighted by Gasteiger charge is -2.21. The first kappa shape index (κ1) is 18.0. The summed E-state index contributed by atoms with van der Waals surface area (Å²) in [7, 11) is 0. The van der Waals surface area contributed by atoms with Gasteiger partial charge in [0.1, 0.15) is 11.6 Å². The molecule has 0 amide bonds. The minimum atomic E-state index is -4.42. The molecule has 0 aliphatic heterocycles. The highest BCUT2D eigenvalue weighted by atomic mass is 19.4. The zero-order valence-electron chi connectivity index (χ0n) is 14.3. The van der Waals surface area contributed by atoms with Crippen LogP contribution in [0.3, 0.4) is 0 Å². The van der Waals surface area contributed by atoms with Crippen LogP contribution < -0.4 is 5.32 Å². The fourth-order valence-corrected chi connectivity index (χ4v) is 2.95. The zero-order chi connectivity index (χ0) is 19.1. The molecule has 0 saturated heterocycles. The normalized spacial score (nSPS) is 13.0. The molecule has 26 heavy (non-hydrogen) atoms. The number of fused-ring (bicyclic) bond motifs is 1. The van der Waals surface area contributed by atoms with Gasteiger partial charge in [-0.15, -0.1) is 0 Å². The van der Waals surface area contributed by atoms with Gasteiger partial charge in [0.05, 0.1) is 23.3 Å². The second kappa shape index (κ2) is 6.51. The molecule has 0 aliphatic carbocycles. The molecule has 0 bridgehead atoms. The Hall–Kier alpha value is -2.77. The molecule has 2 aromatic heterocycles. The first-order valence-electron chi connectivity index (χ1n) is 7.90. The van der Waals surface area contributed by atoms with Crippen molar-refractivity contribution in [2.24, 2.45) is 0 Å². The van der Waals surface area contributed by atoms with Gasteiger partial charge in [-0.2, -0.15) is 17.6 Å². The Balaban J connectivity index is 2.03. The molecule has 136 valence electrons. The average Bonchev–Trinajstić information content (AvgIpc) is 2.54. The van der Waals surface area contributed by atoms with Gasteiger partial charge in [0.15, 0.2) is 0 Å². The molecule has 0 radical (unpaired) electrons. The standard InChI is InChI=1S/C18H16F4N4/c1-9-12(5-4-6-14(9)18(20,21)22)10(2)24-17-13-7-16(19)23-8-15(13)25-11(3)26-17/h4-8,10H,1-3H3,(H,24,25,26)/t10-/m1/s1. The van der Waals surface area contributed by atoms with Gasteiger partial charge in [-0.25, -0.2) is 15.0 Å². The maximum atomic E-state index is 13.5. The van der Waals surface area contributed by atoms with E-state index in [1.165, 1.54) is 25.3 Å². The summed E-state index contributed by atoms with van der Waals surface area (Å²) < 4.78 is 52.9. The molecule has 1 atom stereocenters. The van der Waals surface area contributed by atoms with E-state index >= 15 is 0 Å². The number of halogens is 4. The van der Waals surface area contributed by atoms with E-state index < -0.39 is 23.7 Å². The van der Waals surface area contributed by atoms with Gasteiger partial charge in [0.25, 0.3) is 0 Å². The van der Waals surface area contributed by atoms with Crippen molar-refractivity contribution in [2.45, 2.75) is 33.0 Å². The summed E-state index contributed by atoms with van der Waals surface area (Å²) in [5, 5.41) is 3.49. The van der Waals surface area contributed by atoms with E-state index in [2.05, 4.69) is 20.3 Å². The van der Waals surface area contributed by atoms with Crippen molar-refractivity contribution < 1.29 is 17.6 Å². The van der Waals surface area contributed by atoms with E-state index in [1.54, 1.807) is 19.9 Å². The molecule has 3 rings (SSSR count). The number of hydrogen-bond donors (Lipinski definition) is 1. The molecule has 1 aromatic carbocycles. The van der Waals surface area contributed by atoms with E-state index in [1.807, 2.05) is 0 Å². The maximum Gasteiger partial charge on any atom is 0.416 e. The molecule has 0 aliphatic rings. The Labute approximate surface area is 147 Å². The third kappa shape index (κ3) is 3.44. The Morgan fingerprint density at radius 1 is 1.12 bits per heavy atom. The van der Waals surface area contributed by atoms with Crippen molar-refractivity contribution in [1.29, 1.82) is 0 Å². The lowest BCUT2D eigenvalue weighted by atomic mass is 9.97. The Morgan fingerprint density at radius 2 is 1.85 bits per heavy atom. The van der Waals surface area contributed by atoms with E-state index in [9.17, 15) is 17.6 Å². The molecule has 4 nitrogen and oxygen atoms in total. The largest absolute Gasteiger partial charge is 0.416 e. The van der Waals surface area contributed by atoms with Crippen molar-refractivity contribution in [3.63, 3.8) is 0 Å². The van der Waals surface area contributed by atoms with Crippen LogP contribution in [0, 0.1) is 19.8 Å². The van der Waals surface area contributed by atoms with Crippen molar-refractivity contribution in [1.82, 2.24) is 15.0 Å². The second-order valence-corrected chi connectivity index (χ2v) is 6.03. The highest BCUT2D eigenvalue weighted by molar-refractivity contribution is 5.88. The van der Waals surface area contributed by atoms with Crippen molar-refractivity contribution in [3.8, 4) is 0 Å². The van der Waals surface area contributed by atoms with E-state index in [0.717, 1.165) is 6.07 Å². The van der Waals surface area contributed by atoms with Gasteiger partial charge in [0.2, 0.25) is 5.95 Å². The van der Waals surface area contributed by atoms with Crippen LogP contribution in [0.25, 0.3) is 10.9 Å². The number of aryl methyl sites for hydroxylation is 1. The van der Waals surface area contributed by atoms with Crippen LogP contribution in [-0.2, 0) is 6.18 Å². The summed E-state index contributed by atoms with van der Waals surface area (Å²) in [6.45, 7) is 4.83. The first-order valence-corrected chi connectivity index (χ1v) is 7.90. The van der Waals surface area contributed by atoms with Gasteiger partial charge in [-0.1, -0.05) is 12.1 Å². The van der Waals surface area contributed by atoms with Crippen LogP contribution in [0.1, 0.15) is 35.5 Å². The summed E-state index contributed by atoms with van der Waals surface area (Å²) in [6, 6.07) is 4.77. The third-order valence-corrected chi connectivity index (χ3v) is 4.16. The first-order chi connectivity index (χ1) is 12.2. The van der Waals surface area contributed by atoms with Crippen LogP contribution in [0.4, 0.5) is 23.4 Å². The highest BCUT2D eigenvalue weighted by Gasteiger charge is 2.33. The smallest absolute Gasteiger partial charge is 0.363 e. The lowest BCUT2D eigenvalue weighted by Crippen LogP contribution is -2.14. The summed E-state index contributed by atoms with van der Waals surface area (Å²) in [5.74, 6) is 0.107. The molecule has 0 saturated carbocycles. The average molecular weight is 364 g/mol. The van der Waals surface area contributed by atoms with Crippen molar-refractivity contribution in [2.75, 3.05) is 5.32 Å². The number of benzene rings is 1. The predicted octanol–water partition coefficient (Wildman–Crippen LogP) is 4.97. The predicted molar refractivity (Wildman–Crippen MR) is 90.2 cm³/mol. The monoisotopic (exact) mass is 364 g/mol. The summed E-state index contributed by atoms with van der Waals surface area (Å²) in [5.41, 5.74) is 0.402. The fraction of sp³-hybridized carbons (Fsp3) is 0.278. The van der Waals surface area contributed by atoms with Crippen LogP contribution in [0.2, 0.25) is 0 Å². The molecular weight excluding hydrogens is 348 g/mol. The number of aromatic nitrogens is 3. The van der Waals surface area contributed by atoms with Crippen LogP contribution in [0.15, 0.2) is 30.5 Å². The van der Waals surface area contributed by atoms with Gasteiger partial charge in [0, 0.05) is 11.5 Å². The maximum absolute atomic E-state index is 13.5. The Kier molecular flexibility index (Phi) is 4.52. The molecule has 0 fully saturated rings. The number of nitrogens with zero attached hydrogens (tertiary/aromatic N) is 3. The summed E-state index contributed by atoms with van der Waals surface area (Å²) in [4.78, 5) is 12.0. The molecule has 8 heteroatoms. The second-order valence-electron chi connectivity index (χ2n) is 6.03. The molecule has 1 N–H and O–H groups in total. The van der Waals surface area contributed by atoms with Gasteiger partial charge < -0.3 is 5.32 Å². The highest BCUT2D eigenvalue weighted by Crippen LogP contribution is 2.35.